The summed E-state index contributed by atoms with van der Waals surface area (Å²) in [6, 6.07) is 10.0. The summed E-state index contributed by atoms with van der Waals surface area (Å²) < 4.78 is 2.02. The molecule has 0 aliphatic rings. The van der Waals surface area contributed by atoms with Crippen molar-refractivity contribution in [1.29, 1.82) is 0 Å². The molecule has 3 rings (SSSR count). The second-order valence-corrected chi connectivity index (χ2v) is 4.77. The number of hydrogen-bond acceptors (Lipinski definition) is 4. The van der Waals surface area contributed by atoms with Crippen molar-refractivity contribution in [3.63, 3.8) is 0 Å². The molecule has 0 aliphatic heterocycles. The molecule has 0 saturated carbocycles. The fourth-order valence-corrected chi connectivity index (χ4v) is 2.43. The topological polar surface area (TPSA) is 69.6 Å². The van der Waals surface area contributed by atoms with E-state index in [0.29, 0.717) is 6.42 Å². The molecule has 2 heterocycles. The van der Waals surface area contributed by atoms with E-state index in [1.807, 2.05) is 22.9 Å². The first-order chi connectivity index (χ1) is 9.79. The molecule has 0 bridgehead atoms. The van der Waals surface area contributed by atoms with Crippen molar-refractivity contribution in [2.75, 3.05) is 0 Å². The Hall–Kier alpha value is -2.27. The summed E-state index contributed by atoms with van der Waals surface area (Å²) in [6.45, 7) is 2.95. The molecule has 5 nitrogen and oxygen atoms in total. The lowest BCUT2D eigenvalue weighted by atomic mass is 10.0. The maximum absolute atomic E-state index is 6.25. The average molecular weight is 267 g/mol. The van der Waals surface area contributed by atoms with Crippen molar-refractivity contribution in [3.05, 3.63) is 54.0 Å². The normalized spacial score (nSPS) is 12.7. The molecule has 1 unspecified atom stereocenters. The van der Waals surface area contributed by atoms with E-state index in [1.165, 1.54) is 5.39 Å². The van der Waals surface area contributed by atoms with E-state index in [-0.39, 0.29) is 6.04 Å². The highest BCUT2D eigenvalue weighted by Crippen LogP contribution is 2.22. The van der Waals surface area contributed by atoms with Crippen LogP contribution >= 0.6 is 0 Å². The summed E-state index contributed by atoms with van der Waals surface area (Å²) in [4.78, 5) is 0. The lowest BCUT2D eigenvalue weighted by Crippen LogP contribution is -2.14. The SMILES string of the molecule is CCn1nc(CC(N)c2ccnnc2)c2ccccc21. The Balaban J connectivity index is 1.95. The highest BCUT2D eigenvalue weighted by atomic mass is 15.3. The van der Waals surface area contributed by atoms with Crippen molar-refractivity contribution >= 4 is 10.9 Å². The molecular weight excluding hydrogens is 250 g/mol. The maximum atomic E-state index is 6.25. The van der Waals surface area contributed by atoms with Crippen LogP contribution in [-0.2, 0) is 13.0 Å². The van der Waals surface area contributed by atoms with E-state index in [0.717, 1.165) is 23.3 Å². The van der Waals surface area contributed by atoms with Crippen LogP contribution in [0.5, 0.6) is 0 Å². The van der Waals surface area contributed by atoms with Crippen LogP contribution < -0.4 is 5.73 Å². The summed E-state index contributed by atoms with van der Waals surface area (Å²) in [6.07, 6.45) is 4.07. The lowest BCUT2D eigenvalue weighted by Gasteiger charge is -2.09. The number of nitrogens with two attached hydrogens (primary N) is 1. The Kier molecular flexibility index (Phi) is 3.43. The molecule has 0 spiro atoms. The number of aromatic nitrogens is 4. The molecular formula is C15H17N5. The van der Waals surface area contributed by atoms with Gasteiger partial charge in [0.2, 0.25) is 0 Å². The summed E-state index contributed by atoms with van der Waals surface area (Å²) >= 11 is 0. The smallest absolute Gasteiger partial charge is 0.0722 e. The highest BCUT2D eigenvalue weighted by molar-refractivity contribution is 5.82. The second kappa shape index (κ2) is 5.38. The monoisotopic (exact) mass is 267 g/mol. The van der Waals surface area contributed by atoms with Gasteiger partial charge >= 0.3 is 0 Å². The molecule has 0 radical (unpaired) electrons. The van der Waals surface area contributed by atoms with Crippen molar-refractivity contribution in [2.24, 2.45) is 5.73 Å². The van der Waals surface area contributed by atoms with Crippen LogP contribution in [0.3, 0.4) is 0 Å². The van der Waals surface area contributed by atoms with E-state index < -0.39 is 0 Å². The Morgan fingerprint density at radius 2 is 2.05 bits per heavy atom. The van der Waals surface area contributed by atoms with Crippen LogP contribution in [0.25, 0.3) is 10.9 Å². The van der Waals surface area contributed by atoms with Crippen LogP contribution in [0.1, 0.15) is 24.2 Å². The van der Waals surface area contributed by atoms with Crippen LogP contribution in [-0.4, -0.2) is 20.0 Å². The summed E-state index contributed by atoms with van der Waals surface area (Å²) in [5.74, 6) is 0. The molecule has 2 aromatic heterocycles. The molecule has 1 atom stereocenters. The van der Waals surface area contributed by atoms with E-state index in [4.69, 9.17) is 5.73 Å². The number of fused-ring (bicyclic) bond motifs is 1. The molecule has 3 aromatic rings. The molecule has 102 valence electrons. The van der Waals surface area contributed by atoms with Crippen molar-refractivity contribution < 1.29 is 0 Å². The van der Waals surface area contributed by atoms with Crippen molar-refractivity contribution in [3.8, 4) is 0 Å². The fourth-order valence-electron chi connectivity index (χ4n) is 2.43. The van der Waals surface area contributed by atoms with Crippen LogP contribution in [0, 0.1) is 0 Å². The predicted octanol–water partition coefficient (Wildman–Crippen LogP) is 2.09. The third-order valence-corrected chi connectivity index (χ3v) is 3.48. The van der Waals surface area contributed by atoms with Gasteiger partial charge in [0.05, 0.1) is 17.4 Å². The van der Waals surface area contributed by atoms with Crippen molar-refractivity contribution in [2.45, 2.75) is 25.9 Å². The third-order valence-electron chi connectivity index (χ3n) is 3.48. The van der Waals surface area contributed by atoms with E-state index >= 15 is 0 Å². The maximum Gasteiger partial charge on any atom is 0.0722 e. The number of rotatable bonds is 4. The average Bonchev–Trinajstić information content (AvgIpc) is 2.86. The first-order valence-corrected chi connectivity index (χ1v) is 6.76. The van der Waals surface area contributed by atoms with Gasteiger partial charge < -0.3 is 5.73 Å². The van der Waals surface area contributed by atoms with E-state index in [2.05, 4.69) is 34.4 Å². The van der Waals surface area contributed by atoms with Gasteiger partial charge in [-0.2, -0.15) is 15.3 Å². The minimum atomic E-state index is -0.117. The molecule has 5 heteroatoms. The molecule has 2 N–H and O–H groups in total. The highest BCUT2D eigenvalue weighted by Gasteiger charge is 2.14. The number of benzene rings is 1. The Bertz CT molecular complexity index is 705. The lowest BCUT2D eigenvalue weighted by molar-refractivity contribution is 0.640. The van der Waals surface area contributed by atoms with Crippen LogP contribution in [0.4, 0.5) is 0 Å². The largest absolute Gasteiger partial charge is 0.324 e. The predicted molar refractivity (Wildman–Crippen MR) is 78.1 cm³/mol. The van der Waals surface area contributed by atoms with Crippen LogP contribution in [0.2, 0.25) is 0 Å². The minimum Gasteiger partial charge on any atom is -0.324 e. The first-order valence-electron chi connectivity index (χ1n) is 6.76. The van der Waals surface area contributed by atoms with E-state index in [1.54, 1.807) is 12.4 Å². The van der Waals surface area contributed by atoms with E-state index in [9.17, 15) is 0 Å². The molecule has 0 aliphatic carbocycles. The molecule has 0 amide bonds. The van der Waals surface area contributed by atoms with Gasteiger partial charge in [-0.25, -0.2) is 0 Å². The van der Waals surface area contributed by atoms with Gasteiger partial charge in [0, 0.05) is 30.6 Å². The number of hydrogen-bond donors (Lipinski definition) is 1. The Morgan fingerprint density at radius 1 is 1.20 bits per heavy atom. The standard InChI is InChI=1S/C15H17N5/c1-2-20-15-6-4-3-5-12(15)14(19-20)9-13(16)11-7-8-17-18-10-11/h3-8,10,13H,2,9,16H2,1H3. The summed E-state index contributed by atoms with van der Waals surface area (Å²) in [5.41, 5.74) is 9.42. The van der Waals surface area contributed by atoms with Gasteiger partial charge in [-0.3, -0.25) is 4.68 Å². The van der Waals surface area contributed by atoms with Crippen molar-refractivity contribution in [1.82, 2.24) is 20.0 Å². The van der Waals surface area contributed by atoms with Gasteiger partial charge in [0.15, 0.2) is 0 Å². The Labute approximate surface area is 117 Å². The van der Waals surface area contributed by atoms with Gasteiger partial charge in [0.1, 0.15) is 0 Å². The fraction of sp³-hybridized carbons (Fsp3) is 0.267. The molecule has 20 heavy (non-hydrogen) atoms. The van der Waals surface area contributed by atoms with Gasteiger partial charge in [-0.15, -0.1) is 0 Å². The second-order valence-electron chi connectivity index (χ2n) is 4.77. The quantitative estimate of drug-likeness (QED) is 0.785. The zero-order chi connectivity index (χ0) is 13.9. The number of aryl methyl sites for hydroxylation is 1. The third kappa shape index (κ3) is 2.28. The summed E-state index contributed by atoms with van der Waals surface area (Å²) in [7, 11) is 0. The van der Waals surface area contributed by atoms with Gasteiger partial charge in [0.25, 0.3) is 0 Å². The minimum absolute atomic E-state index is 0.117. The number of nitrogens with zero attached hydrogens (tertiary/aromatic N) is 4. The molecule has 1 aromatic carbocycles. The molecule has 0 saturated heterocycles. The zero-order valence-corrected chi connectivity index (χ0v) is 11.4. The van der Waals surface area contributed by atoms with Crippen LogP contribution in [0.15, 0.2) is 42.7 Å². The van der Waals surface area contributed by atoms with Gasteiger partial charge in [-0.05, 0) is 24.6 Å². The Morgan fingerprint density at radius 3 is 2.80 bits per heavy atom. The molecule has 0 fully saturated rings. The van der Waals surface area contributed by atoms with Gasteiger partial charge in [-0.1, -0.05) is 18.2 Å². The summed E-state index contributed by atoms with van der Waals surface area (Å²) in [5, 5.41) is 13.5. The zero-order valence-electron chi connectivity index (χ0n) is 11.4. The first kappa shape index (κ1) is 12.7. The number of para-hydroxylation sites is 1.